The number of carbonyl (C=O) groups is 2. The minimum Gasteiger partial charge on any atom is -0.469 e. The van der Waals surface area contributed by atoms with Gasteiger partial charge in [0.25, 0.3) is 0 Å². The molecule has 0 aliphatic rings. The molecule has 0 aliphatic carbocycles. The van der Waals surface area contributed by atoms with Gasteiger partial charge in [-0.3, -0.25) is 9.59 Å². The number of halogens is 1. The van der Waals surface area contributed by atoms with Gasteiger partial charge in [-0.05, 0) is 0 Å². The molecular formula is C7H11FO3. The van der Waals surface area contributed by atoms with Gasteiger partial charge in [0, 0.05) is 5.92 Å². The van der Waals surface area contributed by atoms with Crippen molar-refractivity contribution >= 4 is 11.8 Å². The monoisotopic (exact) mass is 162 g/mol. The van der Waals surface area contributed by atoms with Gasteiger partial charge >= 0.3 is 5.97 Å². The molecule has 0 saturated carbocycles. The van der Waals surface area contributed by atoms with Crippen LogP contribution in [0.2, 0.25) is 0 Å². The van der Waals surface area contributed by atoms with Crippen molar-refractivity contribution in [2.24, 2.45) is 5.92 Å². The van der Waals surface area contributed by atoms with E-state index in [2.05, 4.69) is 4.74 Å². The van der Waals surface area contributed by atoms with Crippen LogP contribution in [-0.4, -0.2) is 25.5 Å². The largest absolute Gasteiger partial charge is 0.469 e. The van der Waals surface area contributed by atoms with Gasteiger partial charge < -0.3 is 4.74 Å². The van der Waals surface area contributed by atoms with Crippen LogP contribution in [0.5, 0.6) is 0 Å². The molecule has 0 aromatic rings. The fourth-order valence-corrected chi connectivity index (χ4v) is 0.579. The topological polar surface area (TPSA) is 43.4 Å². The van der Waals surface area contributed by atoms with Crippen molar-refractivity contribution in [2.45, 2.75) is 13.3 Å². The van der Waals surface area contributed by atoms with Gasteiger partial charge in [-0.1, -0.05) is 6.92 Å². The fraction of sp³-hybridized carbons (Fsp3) is 0.714. The molecule has 1 atom stereocenters. The number of Topliss-reactive ketones (excluding diaryl/α,β-unsaturated/α-hetero) is 1. The average Bonchev–Trinajstić information content (AvgIpc) is 2.02. The number of hydrogen-bond acceptors (Lipinski definition) is 3. The van der Waals surface area contributed by atoms with E-state index >= 15 is 0 Å². The molecule has 11 heavy (non-hydrogen) atoms. The molecule has 64 valence electrons. The maximum atomic E-state index is 11.7. The summed E-state index contributed by atoms with van der Waals surface area (Å²) in [5.41, 5.74) is 0. The van der Waals surface area contributed by atoms with E-state index < -0.39 is 24.3 Å². The summed E-state index contributed by atoms with van der Waals surface area (Å²) in [6, 6.07) is 0. The second-order valence-corrected chi connectivity index (χ2v) is 2.28. The number of ether oxygens (including phenoxy) is 1. The van der Waals surface area contributed by atoms with Crippen molar-refractivity contribution in [1.29, 1.82) is 0 Å². The Bertz CT molecular complexity index is 156. The Morgan fingerprint density at radius 2 is 2.09 bits per heavy atom. The molecule has 0 aromatic heterocycles. The highest BCUT2D eigenvalue weighted by molar-refractivity contribution is 5.85. The highest BCUT2D eigenvalue weighted by Gasteiger charge is 2.16. The van der Waals surface area contributed by atoms with Crippen molar-refractivity contribution in [3.8, 4) is 0 Å². The Morgan fingerprint density at radius 1 is 1.55 bits per heavy atom. The number of esters is 1. The quantitative estimate of drug-likeness (QED) is 0.572. The van der Waals surface area contributed by atoms with Crippen molar-refractivity contribution in [3.63, 3.8) is 0 Å². The summed E-state index contributed by atoms with van der Waals surface area (Å²) in [7, 11) is 1.23. The SMILES string of the molecule is COC(=O)CC(C)C(=O)CF. The van der Waals surface area contributed by atoms with Crippen LogP contribution in [0.1, 0.15) is 13.3 Å². The number of hydrogen-bond donors (Lipinski definition) is 0. The van der Waals surface area contributed by atoms with Crippen molar-refractivity contribution in [3.05, 3.63) is 0 Å². The van der Waals surface area contributed by atoms with E-state index in [1.165, 1.54) is 14.0 Å². The third-order valence-corrected chi connectivity index (χ3v) is 1.38. The van der Waals surface area contributed by atoms with Gasteiger partial charge in [0.05, 0.1) is 13.5 Å². The highest BCUT2D eigenvalue weighted by Crippen LogP contribution is 2.04. The van der Waals surface area contributed by atoms with Gasteiger partial charge in [-0.2, -0.15) is 0 Å². The van der Waals surface area contributed by atoms with E-state index in [9.17, 15) is 14.0 Å². The van der Waals surface area contributed by atoms with E-state index in [4.69, 9.17) is 0 Å². The van der Waals surface area contributed by atoms with Gasteiger partial charge in [-0.25, -0.2) is 4.39 Å². The first-order valence-electron chi connectivity index (χ1n) is 3.27. The van der Waals surface area contributed by atoms with Gasteiger partial charge in [0.2, 0.25) is 0 Å². The van der Waals surface area contributed by atoms with Gasteiger partial charge in [-0.15, -0.1) is 0 Å². The first-order valence-corrected chi connectivity index (χ1v) is 3.27. The Labute approximate surface area is 64.5 Å². The molecule has 0 spiro atoms. The lowest BCUT2D eigenvalue weighted by molar-refractivity contribution is -0.143. The Morgan fingerprint density at radius 3 is 2.45 bits per heavy atom. The fourth-order valence-electron chi connectivity index (χ4n) is 0.579. The summed E-state index contributed by atoms with van der Waals surface area (Å²) in [4.78, 5) is 21.1. The zero-order valence-electron chi connectivity index (χ0n) is 6.59. The predicted octanol–water partition coefficient (Wildman–Crippen LogP) is 0.724. The van der Waals surface area contributed by atoms with Crippen LogP contribution >= 0.6 is 0 Å². The number of rotatable bonds is 4. The number of ketones is 1. The van der Waals surface area contributed by atoms with Crippen LogP contribution in [0.4, 0.5) is 4.39 Å². The van der Waals surface area contributed by atoms with Gasteiger partial charge in [0.1, 0.15) is 6.67 Å². The van der Waals surface area contributed by atoms with E-state index in [0.717, 1.165) is 0 Å². The lowest BCUT2D eigenvalue weighted by Gasteiger charge is -2.04. The van der Waals surface area contributed by atoms with Crippen LogP contribution < -0.4 is 0 Å². The predicted molar refractivity (Wildman–Crippen MR) is 36.8 cm³/mol. The normalized spacial score (nSPS) is 12.3. The molecule has 0 rings (SSSR count). The second-order valence-electron chi connectivity index (χ2n) is 2.28. The maximum Gasteiger partial charge on any atom is 0.306 e. The molecule has 0 fully saturated rings. The smallest absolute Gasteiger partial charge is 0.306 e. The van der Waals surface area contributed by atoms with Crippen LogP contribution in [-0.2, 0) is 14.3 Å². The lowest BCUT2D eigenvalue weighted by Crippen LogP contribution is -2.17. The summed E-state index contributed by atoms with van der Waals surface area (Å²) in [5.74, 6) is -1.62. The van der Waals surface area contributed by atoms with Crippen LogP contribution in [0, 0.1) is 5.92 Å². The van der Waals surface area contributed by atoms with Crippen LogP contribution in [0.25, 0.3) is 0 Å². The molecule has 4 heteroatoms. The van der Waals surface area contributed by atoms with Crippen molar-refractivity contribution in [1.82, 2.24) is 0 Å². The van der Waals surface area contributed by atoms with Crippen LogP contribution in [0.3, 0.4) is 0 Å². The van der Waals surface area contributed by atoms with Crippen molar-refractivity contribution < 1.29 is 18.7 Å². The number of carbonyl (C=O) groups excluding carboxylic acids is 2. The molecule has 0 N–H and O–H groups in total. The molecule has 0 radical (unpaired) electrons. The molecule has 0 amide bonds. The molecule has 0 bridgehead atoms. The first kappa shape index (κ1) is 10.1. The van der Waals surface area contributed by atoms with E-state index in [1.54, 1.807) is 0 Å². The Hall–Kier alpha value is -0.930. The van der Waals surface area contributed by atoms with Crippen LogP contribution in [0.15, 0.2) is 0 Å². The average molecular weight is 162 g/mol. The molecule has 0 heterocycles. The molecule has 3 nitrogen and oxygen atoms in total. The molecule has 0 saturated heterocycles. The summed E-state index contributed by atoms with van der Waals surface area (Å²) in [6.45, 7) is 0.483. The summed E-state index contributed by atoms with van der Waals surface area (Å²) >= 11 is 0. The first-order chi connectivity index (χ1) is 5.11. The zero-order chi connectivity index (χ0) is 8.85. The number of alkyl halides is 1. The molecule has 1 unspecified atom stereocenters. The molecule has 0 aromatic carbocycles. The van der Waals surface area contributed by atoms with Gasteiger partial charge in [0.15, 0.2) is 5.78 Å². The summed E-state index contributed by atoms with van der Waals surface area (Å²) < 4.78 is 16.0. The Balaban J connectivity index is 3.77. The second kappa shape index (κ2) is 4.82. The highest BCUT2D eigenvalue weighted by atomic mass is 19.1. The third kappa shape index (κ3) is 3.70. The summed E-state index contributed by atoms with van der Waals surface area (Å²) in [5, 5.41) is 0. The van der Waals surface area contributed by atoms with Crippen molar-refractivity contribution in [2.75, 3.05) is 13.8 Å². The van der Waals surface area contributed by atoms with E-state index in [0.29, 0.717) is 0 Å². The standard InChI is InChI=1S/C7H11FO3/c1-5(6(9)4-8)3-7(10)11-2/h5H,3-4H2,1-2H3. The zero-order valence-corrected chi connectivity index (χ0v) is 6.59. The minimum atomic E-state index is -1.02. The van der Waals surface area contributed by atoms with E-state index in [1.807, 2.05) is 0 Å². The Kier molecular flexibility index (Phi) is 4.41. The number of methoxy groups -OCH3 is 1. The minimum absolute atomic E-state index is 0.0424. The molecular weight excluding hydrogens is 151 g/mol. The van der Waals surface area contributed by atoms with E-state index in [-0.39, 0.29) is 6.42 Å². The summed E-state index contributed by atoms with van der Waals surface area (Å²) in [6.07, 6.45) is -0.0424. The lowest BCUT2D eigenvalue weighted by atomic mass is 10.0. The molecule has 0 aliphatic heterocycles. The third-order valence-electron chi connectivity index (χ3n) is 1.38. The maximum absolute atomic E-state index is 11.7.